The maximum Gasteiger partial charge on any atom is 0.126 e. The van der Waals surface area contributed by atoms with Crippen LogP contribution in [0.3, 0.4) is 0 Å². The predicted octanol–water partition coefficient (Wildman–Crippen LogP) is 2.41. The number of hydrogen-bond donors (Lipinski definition) is 1. The van der Waals surface area contributed by atoms with E-state index in [1.807, 2.05) is 18.2 Å². The van der Waals surface area contributed by atoms with E-state index < -0.39 is 0 Å². The van der Waals surface area contributed by atoms with Gasteiger partial charge in [-0.2, -0.15) is 0 Å². The van der Waals surface area contributed by atoms with Crippen LogP contribution in [-0.4, -0.2) is 56.9 Å². The number of nitrogens with one attached hydrogen (secondary N) is 1. The summed E-state index contributed by atoms with van der Waals surface area (Å²) in [5.74, 6) is 0.910. The third-order valence-corrected chi connectivity index (χ3v) is 4.12. The molecule has 1 aliphatic heterocycles. The molecule has 0 aromatic heterocycles. The number of nitrogens with zero attached hydrogens (tertiary/aromatic N) is 1. The molecule has 0 amide bonds. The first-order valence-corrected chi connectivity index (χ1v) is 7.96. The number of ether oxygens (including phenoxy) is 2. The van der Waals surface area contributed by atoms with Crippen LogP contribution in [0.2, 0.25) is 0 Å². The molecule has 1 aromatic carbocycles. The summed E-state index contributed by atoms with van der Waals surface area (Å²) in [5.41, 5.74) is 1.27. The van der Waals surface area contributed by atoms with Gasteiger partial charge in [0.1, 0.15) is 5.75 Å². The van der Waals surface area contributed by atoms with E-state index >= 15 is 0 Å². The van der Waals surface area contributed by atoms with E-state index in [-0.39, 0.29) is 5.54 Å². The van der Waals surface area contributed by atoms with E-state index in [1.165, 1.54) is 0 Å². The molecule has 1 saturated heterocycles. The van der Waals surface area contributed by atoms with Gasteiger partial charge in [-0.1, -0.05) is 30.4 Å². The molecule has 0 radical (unpaired) electrons. The van der Waals surface area contributed by atoms with Gasteiger partial charge in [0.2, 0.25) is 0 Å². The molecule has 4 heteroatoms. The van der Waals surface area contributed by atoms with Crippen LogP contribution in [0, 0.1) is 0 Å². The van der Waals surface area contributed by atoms with Crippen molar-refractivity contribution in [2.75, 3.05) is 46.5 Å². The van der Waals surface area contributed by atoms with Gasteiger partial charge in [-0.05, 0) is 19.9 Å². The fraction of sp³-hybridized carbons (Fsp3) is 0.556. The lowest BCUT2D eigenvalue weighted by Crippen LogP contribution is -2.54. The van der Waals surface area contributed by atoms with E-state index in [9.17, 15) is 0 Å². The van der Waals surface area contributed by atoms with Crippen LogP contribution in [-0.2, 0) is 4.74 Å². The third kappa shape index (κ3) is 4.83. The molecular formula is C18H28N2O2. The molecule has 4 nitrogen and oxygen atoms in total. The summed E-state index contributed by atoms with van der Waals surface area (Å²) in [4.78, 5) is 2.49. The minimum atomic E-state index is 0.155. The van der Waals surface area contributed by atoms with Gasteiger partial charge in [-0.15, -0.1) is 0 Å². The summed E-state index contributed by atoms with van der Waals surface area (Å²) in [5, 5.41) is 3.52. The Morgan fingerprint density at radius 1 is 1.27 bits per heavy atom. The molecule has 1 N–H and O–H groups in total. The normalized spacial score (nSPS) is 17.0. The predicted molar refractivity (Wildman–Crippen MR) is 91.4 cm³/mol. The van der Waals surface area contributed by atoms with Crippen molar-refractivity contribution in [2.24, 2.45) is 0 Å². The lowest BCUT2D eigenvalue weighted by molar-refractivity contribution is -0.00930. The summed E-state index contributed by atoms with van der Waals surface area (Å²) in [7, 11) is 1.70. The molecule has 1 fully saturated rings. The zero-order valence-electron chi connectivity index (χ0n) is 14.0. The number of methoxy groups -OCH3 is 1. The number of rotatable bonds is 7. The average molecular weight is 304 g/mol. The summed E-state index contributed by atoms with van der Waals surface area (Å²) >= 11 is 0. The van der Waals surface area contributed by atoms with Crippen LogP contribution in [0.15, 0.2) is 30.3 Å². The minimum Gasteiger partial charge on any atom is -0.496 e. The fourth-order valence-electron chi connectivity index (χ4n) is 2.73. The Kier molecular flexibility index (Phi) is 6.43. The molecule has 2 rings (SSSR count). The van der Waals surface area contributed by atoms with Crippen LogP contribution in [0.1, 0.15) is 19.4 Å². The minimum absolute atomic E-state index is 0.155. The van der Waals surface area contributed by atoms with Crippen LogP contribution >= 0.6 is 0 Å². The Morgan fingerprint density at radius 2 is 2.00 bits per heavy atom. The Hall–Kier alpha value is -1.36. The van der Waals surface area contributed by atoms with Crippen LogP contribution in [0.25, 0.3) is 6.08 Å². The Morgan fingerprint density at radius 3 is 2.73 bits per heavy atom. The Bertz CT molecular complexity index is 480. The second-order valence-electron chi connectivity index (χ2n) is 6.19. The quantitative estimate of drug-likeness (QED) is 0.784. The van der Waals surface area contributed by atoms with Crippen molar-refractivity contribution < 1.29 is 9.47 Å². The molecular weight excluding hydrogens is 276 g/mol. The highest BCUT2D eigenvalue weighted by molar-refractivity contribution is 5.57. The standard InChI is InChI=1S/C18H28N2O2/c1-18(2,20-11-13-22-14-12-20)15-19-10-6-8-16-7-4-5-9-17(16)21-3/h4-9,19H,10-15H2,1-3H3. The number of para-hydroxylation sites is 1. The summed E-state index contributed by atoms with van der Waals surface area (Å²) in [6.45, 7) is 10.1. The lowest BCUT2D eigenvalue weighted by atomic mass is 10.0. The van der Waals surface area contributed by atoms with Gasteiger partial charge in [-0.3, -0.25) is 4.90 Å². The Balaban J connectivity index is 1.77. The zero-order valence-corrected chi connectivity index (χ0v) is 14.0. The van der Waals surface area contributed by atoms with Gasteiger partial charge >= 0.3 is 0 Å². The maximum absolute atomic E-state index is 5.42. The van der Waals surface area contributed by atoms with Crippen LogP contribution in [0.5, 0.6) is 5.75 Å². The van der Waals surface area contributed by atoms with Crippen LogP contribution in [0.4, 0.5) is 0 Å². The van der Waals surface area contributed by atoms with E-state index in [2.05, 4.69) is 42.3 Å². The molecule has 0 saturated carbocycles. The molecule has 1 heterocycles. The molecule has 22 heavy (non-hydrogen) atoms. The number of benzene rings is 1. The monoisotopic (exact) mass is 304 g/mol. The second-order valence-corrected chi connectivity index (χ2v) is 6.19. The van der Waals surface area contributed by atoms with E-state index in [4.69, 9.17) is 9.47 Å². The topological polar surface area (TPSA) is 33.7 Å². The lowest BCUT2D eigenvalue weighted by Gasteiger charge is -2.41. The van der Waals surface area contributed by atoms with E-state index in [0.717, 1.165) is 50.7 Å². The largest absolute Gasteiger partial charge is 0.496 e. The Labute approximate surface area is 134 Å². The van der Waals surface area contributed by atoms with Crippen molar-refractivity contribution in [1.29, 1.82) is 0 Å². The molecule has 0 bridgehead atoms. The molecule has 0 atom stereocenters. The number of hydrogen-bond acceptors (Lipinski definition) is 4. The van der Waals surface area contributed by atoms with Gasteiger partial charge in [-0.25, -0.2) is 0 Å². The van der Waals surface area contributed by atoms with Gasteiger partial charge in [0.15, 0.2) is 0 Å². The van der Waals surface area contributed by atoms with Crippen molar-refractivity contribution in [3.8, 4) is 5.75 Å². The van der Waals surface area contributed by atoms with Gasteiger partial charge in [0.25, 0.3) is 0 Å². The van der Waals surface area contributed by atoms with Crippen molar-refractivity contribution in [3.05, 3.63) is 35.9 Å². The summed E-state index contributed by atoms with van der Waals surface area (Å²) < 4.78 is 10.8. The van der Waals surface area contributed by atoms with E-state index in [0.29, 0.717) is 0 Å². The van der Waals surface area contributed by atoms with Crippen molar-refractivity contribution in [2.45, 2.75) is 19.4 Å². The third-order valence-electron chi connectivity index (χ3n) is 4.12. The molecule has 122 valence electrons. The summed E-state index contributed by atoms with van der Waals surface area (Å²) in [6.07, 6.45) is 4.25. The van der Waals surface area contributed by atoms with E-state index in [1.54, 1.807) is 7.11 Å². The average Bonchev–Trinajstić information content (AvgIpc) is 2.55. The first-order valence-electron chi connectivity index (χ1n) is 7.96. The van der Waals surface area contributed by atoms with Gasteiger partial charge in [0.05, 0.1) is 20.3 Å². The highest BCUT2D eigenvalue weighted by Gasteiger charge is 2.27. The molecule has 1 aromatic rings. The SMILES string of the molecule is COc1ccccc1C=CCNCC(C)(C)N1CCOCC1. The fourth-order valence-corrected chi connectivity index (χ4v) is 2.73. The highest BCUT2D eigenvalue weighted by atomic mass is 16.5. The first-order chi connectivity index (χ1) is 10.6. The van der Waals surface area contributed by atoms with Crippen LogP contribution < -0.4 is 10.1 Å². The van der Waals surface area contributed by atoms with Crippen molar-refractivity contribution >= 4 is 6.08 Å². The van der Waals surface area contributed by atoms with Crippen molar-refractivity contribution in [1.82, 2.24) is 10.2 Å². The summed E-state index contributed by atoms with van der Waals surface area (Å²) in [6, 6.07) is 8.05. The smallest absolute Gasteiger partial charge is 0.126 e. The molecule has 0 aliphatic carbocycles. The van der Waals surface area contributed by atoms with Crippen molar-refractivity contribution in [3.63, 3.8) is 0 Å². The number of morpholine rings is 1. The zero-order chi connectivity index (χ0) is 15.8. The molecule has 0 unspecified atom stereocenters. The molecule has 0 spiro atoms. The highest BCUT2D eigenvalue weighted by Crippen LogP contribution is 2.18. The van der Waals surface area contributed by atoms with Gasteiger partial charge in [0, 0.05) is 37.3 Å². The maximum atomic E-state index is 5.42. The van der Waals surface area contributed by atoms with Gasteiger partial charge < -0.3 is 14.8 Å². The second kappa shape index (κ2) is 8.32. The first kappa shape index (κ1) is 17.0. The molecule has 1 aliphatic rings.